The van der Waals surface area contributed by atoms with Crippen molar-refractivity contribution in [1.82, 2.24) is 5.32 Å². The van der Waals surface area contributed by atoms with Gasteiger partial charge in [-0.15, -0.1) is 0 Å². The van der Waals surface area contributed by atoms with Gasteiger partial charge in [0.05, 0.1) is 6.61 Å². The number of nitrogens with one attached hydrogen (secondary N) is 1. The zero-order valence-electron chi connectivity index (χ0n) is 11.2. The summed E-state index contributed by atoms with van der Waals surface area (Å²) in [5.41, 5.74) is -0.102. The van der Waals surface area contributed by atoms with Crippen LogP contribution >= 0.6 is 0 Å². The molecule has 5 N–H and O–H groups in total. The lowest BCUT2D eigenvalue weighted by Crippen LogP contribution is -2.57. The van der Waals surface area contributed by atoms with Crippen LogP contribution in [0.3, 0.4) is 0 Å². The summed E-state index contributed by atoms with van der Waals surface area (Å²) in [7, 11) is 0. The maximum Gasteiger partial charge on any atom is 0.227 e. The van der Waals surface area contributed by atoms with Gasteiger partial charge in [-0.3, -0.25) is 14.4 Å². The minimum atomic E-state index is -1.96. The molecular formula is C12H19NO7. The van der Waals surface area contributed by atoms with Crippen LogP contribution in [0.2, 0.25) is 0 Å². The van der Waals surface area contributed by atoms with Gasteiger partial charge in [0.15, 0.2) is 0 Å². The fourth-order valence-corrected chi connectivity index (χ4v) is 1.41. The van der Waals surface area contributed by atoms with Crippen LogP contribution in [0.15, 0.2) is 12.2 Å². The Morgan fingerprint density at radius 1 is 1.10 bits per heavy atom. The Bertz CT molecular complexity index is 407. The first-order valence-electron chi connectivity index (χ1n) is 5.79. The van der Waals surface area contributed by atoms with Crippen LogP contribution in [0.4, 0.5) is 0 Å². The number of amides is 1. The van der Waals surface area contributed by atoms with E-state index in [4.69, 9.17) is 5.11 Å². The normalized spacial score (nSPS) is 16.7. The number of Topliss-reactive ketones (excluding diaryl/α,β-unsaturated/α-hetero) is 2. The summed E-state index contributed by atoms with van der Waals surface area (Å²) in [5.74, 6) is -2.92. The van der Waals surface area contributed by atoms with Gasteiger partial charge in [0.2, 0.25) is 17.5 Å². The summed E-state index contributed by atoms with van der Waals surface area (Å²) in [4.78, 5) is 34.4. The average Bonchev–Trinajstić information content (AvgIpc) is 2.40. The molecule has 0 aromatic rings. The average molecular weight is 289 g/mol. The van der Waals surface area contributed by atoms with Crippen molar-refractivity contribution in [2.45, 2.75) is 38.2 Å². The van der Waals surface area contributed by atoms with Crippen LogP contribution in [0.5, 0.6) is 0 Å². The number of carbonyl (C=O) groups excluding carboxylic acids is 3. The summed E-state index contributed by atoms with van der Waals surface area (Å²) in [5, 5.41) is 39.3. The molecular weight excluding hydrogens is 270 g/mol. The fourth-order valence-electron chi connectivity index (χ4n) is 1.41. The van der Waals surface area contributed by atoms with Gasteiger partial charge in [-0.2, -0.15) is 0 Å². The van der Waals surface area contributed by atoms with Gasteiger partial charge >= 0.3 is 0 Å². The van der Waals surface area contributed by atoms with Gasteiger partial charge in [-0.05, 0) is 12.5 Å². The molecule has 114 valence electrons. The summed E-state index contributed by atoms with van der Waals surface area (Å²) < 4.78 is 0. The van der Waals surface area contributed by atoms with Gasteiger partial charge in [-0.25, -0.2) is 0 Å². The van der Waals surface area contributed by atoms with Crippen molar-refractivity contribution in [1.29, 1.82) is 0 Å². The Balaban J connectivity index is 5.24. The fraction of sp³-hybridized carbons (Fsp3) is 0.583. The number of rotatable bonds is 8. The molecule has 0 aromatic heterocycles. The second-order valence-electron chi connectivity index (χ2n) is 4.38. The molecule has 0 aliphatic heterocycles. The maximum absolute atomic E-state index is 11.8. The number of hydrogen-bond donors (Lipinski definition) is 5. The predicted octanol–water partition coefficient (Wildman–Crippen LogP) is -2.72. The van der Waals surface area contributed by atoms with E-state index in [1.807, 2.05) is 5.32 Å². The molecule has 0 unspecified atom stereocenters. The van der Waals surface area contributed by atoms with E-state index < -0.39 is 48.4 Å². The number of aliphatic hydroxyl groups excluding tert-OH is 4. The number of allylic oxidation sites excluding steroid dienone is 1. The van der Waals surface area contributed by atoms with Crippen LogP contribution in [-0.2, 0) is 14.4 Å². The van der Waals surface area contributed by atoms with Crippen molar-refractivity contribution >= 4 is 17.5 Å². The summed E-state index contributed by atoms with van der Waals surface area (Å²) in [6.07, 6.45) is -5.61. The minimum absolute atomic E-state index is 0.102. The summed E-state index contributed by atoms with van der Waals surface area (Å²) in [6.45, 7) is 4.73. The van der Waals surface area contributed by atoms with Crippen molar-refractivity contribution in [3.63, 3.8) is 0 Å². The standard InChI is InChI=1S/C12H19NO7/c1-5(2)9(17)11(19)8(13-6(3)15)12(20)10(18)7(16)4-14/h7-8,10,12,14,16,18,20H,1,4H2,2-3H3,(H,13,15)/t7-,8+,10-,12-/m1/s1. The molecule has 0 saturated carbocycles. The topological polar surface area (TPSA) is 144 Å². The van der Waals surface area contributed by atoms with Gasteiger partial charge in [-0.1, -0.05) is 6.58 Å². The molecule has 8 nitrogen and oxygen atoms in total. The Labute approximate surface area is 115 Å². The molecule has 8 heteroatoms. The number of ketones is 2. The highest BCUT2D eigenvalue weighted by Gasteiger charge is 2.38. The van der Waals surface area contributed by atoms with Crippen LogP contribution < -0.4 is 5.32 Å². The van der Waals surface area contributed by atoms with Crippen molar-refractivity contribution in [3.05, 3.63) is 12.2 Å². The van der Waals surface area contributed by atoms with Crippen LogP contribution in [-0.4, -0.2) is 68.9 Å². The lowest BCUT2D eigenvalue weighted by molar-refractivity contribution is -0.143. The Hall–Kier alpha value is -1.61. The highest BCUT2D eigenvalue weighted by Crippen LogP contribution is 2.08. The van der Waals surface area contributed by atoms with Gasteiger partial charge in [0.25, 0.3) is 0 Å². The Kier molecular flexibility index (Phi) is 7.22. The zero-order valence-corrected chi connectivity index (χ0v) is 11.2. The first kappa shape index (κ1) is 18.4. The van der Waals surface area contributed by atoms with Crippen molar-refractivity contribution in [3.8, 4) is 0 Å². The van der Waals surface area contributed by atoms with E-state index in [0.717, 1.165) is 6.92 Å². The van der Waals surface area contributed by atoms with E-state index in [1.54, 1.807) is 0 Å². The highest BCUT2D eigenvalue weighted by molar-refractivity contribution is 6.45. The molecule has 0 spiro atoms. The van der Waals surface area contributed by atoms with E-state index in [-0.39, 0.29) is 5.57 Å². The third-order valence-electron chi connectivity index (χ3n) is 2.53. The molecule has 0 rings (SSSR count). The van der Waals surface area contributed by atoms with E-state index in [1.165, 1.54) is 6.92 Å². The number of carbonyl (C=O) groups is 3. The molecule has 0 radical (unpaired) electrons. The second-order valence-corrected chi connectivity index (χ2v) is 4.38. The lowest BCUT2D eigenvalue weighted by atomic mass is 9.94. The minimum Gasteiger partial charge on any atom is -0.394 e. The number of aliphatic hydroxyl groups is 4. The Morgan fingerprint density at radius 3 is 1.95 bits per heavy atom. The first-order valence-corrected chi connectivity index (χ1v) is 5.79. The molecule has 20 heavy (non-hydrogen) atoms. The lowest BCUT2D eigenvalue weighted by Gasteiger charge is -2.28. The SMILES string of the molecule is C=C(C)C(=O)C(=O)[C@H](NC(C)=O)[C@@H](O)[C@H](O)[C@H](O)CO. The smallest absolute Gasteiger partial charge is 0.227 e. The molecule has 0 heterocycles. The monoisotopic (exact) mass is 289 g/mol. The third kappa shape index (κ3) is 4.82. The molecule has 0 aromatic carbocycles. The molecule has 1 amide bonds. The van der Waals surface area contributed by atoms with Crippen LogP contribution in [0.1, 0.15) is 13.8 Å². The molecule has 0 aliphatic carbocycles. The van der Waals surface area contributed by atoms with Crippen LogP contribution in [0.25, 0.3) is 0 Å². The second kappa shape index (κ2) is 7.85. The maximum atomic E-state index is 11.8. The first-order chi connectivity index (χ1) is 9.13. The third-order valence-corrected chi connectivity index (χ3v) is 2.53. The van der Waals surface area contributed by atoms with Gasteiger partial charge < -0.3 is 25.7 Å². The van der Waals surface area contributed by atoms with E-state index >= 15 is 0 Å². The van der Waals surface area contributed by atoms with Gasteiger partial charge in [0.1, 0.15) is 24.4 Å². The largest absolute Gasteiger partial charge is 0.394 e. The molecule has 4 atom stereocenters. The molecule has 0 fully saturated rings. The summed E-state index contributed by atoms with van der Waals surface area (Å²) in [6, 6.07) is -1.74. The zero-order chi connectivity index (χ0) is 16.0. The van der Waals surface area contributed by atoms with Gasteiger partial charge in [0, 0.05) is 6.92 Å². The van der Waals surface area contributed by atoms with E-state index in [9.17, 15) is 29.7 Å². The van der Waals surface area contributed by atoms with Crippen molar-refractivity contribution in [2.75, 3.05) is 6.61 Å². The van der Waals surface area contributed by atoms with Crippen molar-refractivity contribution in [2.24, 2.45) is 0 Å². The predicted molar refractivity (Wildman–Crippen MR) is 67.5 cm³/mol. The van der Waals surface area contributed by atoms with Crippen LogP contribution in [0, 0.1) is 0 Å². The summed E-state index contributed by atoms with van der Waals surface area (Å²) >= 11 is 0. The number of hydrogen-bond acceptors (Lipinski definition) is 7. The molecule has 0 bridgehead atoms. The highest BCUT2D eigenvalue weighted by atomic mass is 16.4. The quantitative estimate of drug-likeness (QED) is 0.241. The van der Waals surface area contributed by atoms with Crippen molar-refractivity contribution < 1.29 is 34.8 Å². The van der Waals surface area contributed by atoms with E-state index in [2.05, 4.69) is 6.58 Å². The van der Waals surface area contributed by atoms with E-state index in [0.29, 0.717) is 0 Å². The molecule has 0 aliphatic rings. The Morgan fingerprint density at radius 2 is 1.60 bits per heavy atom. The molecule has 0 saturated heterocycles.